The molecule has 0 bridgehead atoms. The van der Waals surface area contributed by atoms with Gasteiger partial charge in [0.1, 0.15) is 0 Å². The quantitative estimate of drug-likeness (QED) is 0.386. The summed E-state index contributed by atoms with van der Waals surface area (Å²) in [6.07, 6.45) is 3.08. The van der Waals surface area contributed by atoms with Crippen LogP contribution in [0, 0.1) is 5.41 Å². The van der Waals surface area contributed by atoms with Gasteiger partial charge in [-0.05, 0) is 57.7 Å². The molecular formula is C24H34BrNO3. The lowest BCUT2D eigenvalue weighted by molar-refractivity contribution is 0.0520. The van der Waals surface area contributed by atoms with Gasteiger partial charge in [0.25, 0.3) is 0 Å². The van der Waals surface area contributed by atoms with E-state index in [1.165, 1.54) is 0 Å². The van der Waals surface area contributed by atoms with Gasteiger partial charge in [-0.2, -0.15) is 0 Å². The largest absolute Gasteiger partial charge is 0.416 e. The number of carbonyl (C=O) groups excluding carboxylic acids is 1. The van der Waals surface area contributed by atoms with Crippen LogP contribution in [0.4, 0.5) is 4.79 Å². The van der Waals surface area contributed by atoms with Crippen LogP contribution in [0.2, 0.25) is 0 Å². The van der Waals surface area contributed by atoms with E-state index in [1.807, 2.05) is 78.8 Å². The smallest absolute Gasteiger partial charge is 0.403 e. The molecule has 1 N–H and O–H groups in total. The van der Waals surface area contributed by atoms with Gasteiger partial charge in [0.05, 0.1) is 0 Å². The fourth-order valence-corrected chi connectivity index (χ4v) is 3.10. The minimum Gasteiger partial charge on any atom is -0.403 e. The third kappa shape index (κ3) is 7.85. The van der Waals surface area contributed by atoms with Gasteiger partial charge in [0.2, 0.25) is 0 Å². The third-order valence-corrected chi connectivity index (χ3v) is 5.15. The summed E-state index contributed by atoms with van der Waals surface area (Å²) in [6, 6.07) is 9.54. The summed E-state index contributed by atoms with van der Waals surface area (Å²) in [5.41, 5.74) is 2.17. The molecule has 0 radical (unpaired) electrons. The molecule has 160 valence electrons. The van der Waals surface area contributed by atoms with Crippen LogP contribution in [0.3, 0.4) is 0 Å². The molecule has 0 heterocycles. The molecule has 1 amide bonds. The van der Waals surface area contributed by atoms with Crippen LogP contribution in [0.15, 0.2) is 52.4 Å². The van der Waals surface area contributed by atoms with Gasteiger partial charge in [-0.3, -0.25) is 0 Å². The van der Waals surface area contributed by atoms with Crippen molar-refractivity contribution in [3.05, 3.63) is 57.9 Å². The van der Waals surface area contributed by atoms with E-state index in [9.17, 15) is 9.90 Å². The summed E-state index contributed by atoms with van der Waals surface area (Å²) in [5, 5.41) is 11.3. The molecule has 5 heteroatoms. The first-order chi connectivity index (χ1) is 13.3. The molecule has 4 nitrogen and oxygen atoms in total. The molecule has 1 rings (SSSR count). The Bertz CT molecular complexity index is 772. The van der Waals surface area contributed by atoms with Crippen molar-refractivity contribution in [3.8, 4) is 0 Å². The molecule has 0 saturated heterocycles. The summed E-state index contributed by atoms with van der Waals surface area (Å²) in [7, 11) is 0. The van der Waals surface area contributed by atoms with E-state index in [4.69, 9.17) is 4.74 Å². The predicted octanol–water partition coefficient (Wildman–Crippen LogP) is 6.51. The number of aliphatic hydroxyl groups is 1. The van der Waals surface area contributed by atoms with Crippen molar-refractivity contribution in [1.29, 1.82) is 0 Å². The first kappa shape index (κ1) is 25.2. The van der Waals surface area contributed by atoms with Crippen LogP contribution < -0.4 is 0 Å². The maximum absolute atomic E-state index is 12.9. The van der Waals surface area contributed by atoms with Gasteiger partial charge in [0.15, 0.2) is 11.4 Å². The van der Waals surface area contributed by atoms with Crippen molar-refractivity contribution in [1.82, 2.24) is 4.90 Å². The first-order valence-electron chi connectivity index (χ1n) is 9.89. The number of hydrogen-bond acceptors (Lipinski definition) is 3. The number of carbonyl (C=O) groups is 1. The Hall–Kier alpha value is -1.81. The summed E-state index contributed by atoms with van der Waals surface area (Å²) >= 11 is 3.47. The Morgan fingerprint density at radius 3 is 2.07 bits per heavy atom. The summed E-state index contributed by atoms with van der Waals surface area (Å²) in [6.45, 7) is 15.3. The Morgan fingerprint density at radius 1 is 1.10 bits per heavy atom. The highest BCUT2D eigenvalue weighted by molar-refractivity contribution is 9.11. The van der Waals surface area contributed by atoms with Crippen LogP contribution in [-0.2, 0) is 4.74 Å². The van der Waals surface area contributed by atoms with Crippen LogP contribution >= 0.6 is 15.9 Å². The highest BCUT2D eigenvalue weighted by atomic mass is 79.9. The van der Waals surface area contributed by atoms with E-state index in [0.29, 0.717) is 4.48 Å². The Balaban J connectivity index is 3.40. The second-order valence-corrected chi connectivity index (χ2v) is 9.78. The van der Waals surface area contributed by atoms with Gasteiger partial charge in [-0.1, -0.05) is 72.8 Å². The second kappa shape index (κ2) is 10.3. The lowest BCUT2D eigenvalue weighted by atomic mass is 9.95. The summed E-state index contributed by atoms with van der Waals surface area (Å²) < 4.78 is 6.16. The zero-order chi connectivity index (χ0) is 22.4. The molecule has 1 aromatic rings. The molecule has 0 aliphatic carbocycles. The van der Waals surface area contributed by atoms with E-state index in [0.717, 1.165) is 5.56 Å². The van der Waals surface area contributed by atoms with Crippen molar-refractivity contribution < 1.29 is 14.6 Å². The fourth-order valence-electron chi connectivity index (χ4n) is 2.65. The normalized spacial score (nSPS) is 14.3. The number of halogens is 1. The zero-order valence-corrected chi connectivity index (χ0v) is 20.4. The lowest BCUT2D eigenvalue weighted by Gasteiger charge is -2.32. The van der Waals surface area contributed by atoms with E-state index >= 15 is 0 Å². The topological polar surface area (TPSA) is 49.8 Å². The van der Waals surface area contributed by atoms with Gasteiger partial charge in [-0.15, -0.1) is 0 Å². The number of benzene rings is 1. The molecule has 0 aliphatic heterocycles. The molecule has 0 spiro atoms. The standard InChI is InChI=1S/C24H34BrNO3/c1-17(2)26(18(3)4)22(27)29-21(14-15-23(5,6)7)24(8,28)20(25)16-19-12-10-9-11-13-19/h9-13,15-18,28H,1-8H3/b20-16-/t14?,24-/m1/s1. The SMILES string of the molecule is CC(C)N(C(=O)OC(=C=CC(C)(C)C)[C@](C)(O)/C(Br)=C/c1ccccc1)C(C)C. The molecule has 0 fully saturated rings. The average molecular weight is 464 g/mol. The molecule has 0 aromatic heterocycles. The lowest BCUT2D eigenvalue weighted by Crippen LogP contribution is -2.43. The molecule has 0 unspecified atom stereocenters. The highest BCUT2D eigenvalue weighted by Crippen LogP contribution is 2.33. The van der Waals surface area contributed by atoms with Gasteiger partial charge >= 0.3 is 6.09 Å². The van der Waals surface area contributed by atoms with E-state index < -0.39 is 11.7 Å². The Morgan fingerprint density at radius 2 is 1.62 bits per heavy atom. The highest BCUT2D eigenvalue weighted by Gasteiger charge is 2.35. The number of amides is 1. The monoisotopic (exact) mass is 463 g/mol. The van der Waals surface area contributed by atoms with Crippen molar-refractivity contribution in [2.24, 2.45) is 5.41 Å². The average Bonchev–Trinajstić information content (AvgIpc) is 2.57. The minimum absolute atomic E-state index is 0.0383. The predicted molar refractivity (Wildman–Crippen MR) is 124 cm³/mol. The van der Waals surface area contributed by atoms with Crippen molar-refractivity contribution in [3.63, 3.8) is 0 Å². The molecule has 0 saturated carbocycles. The zero-order valence-electron chi connectivity index (χ0n) is 18.8. The molecule has 1 aromatic carbocycles. The first-order valence-corrected chi connectivity index (χ1v) is 10.7. The second-order valence-electron chi connectivity index (χ2n) is 8.92. The number of nitrogens with zero attached hydrogens (tertiary/aromatic N) is 1. The van der Waals surface area contributed by atoms with Crippen LogP contribution in [0.25, 0.3) is 6.08 Å². The van der Waals surface area contributed by atoms with Gasteiger partial charge in [0, 0.05) is 16.6 Å². The third-order valence-electron chi connectivity index (χ3n) is 4.15. The fraction of sp³-hybridized carbons (Fsp3) is 0.500. The van der Waals surface area contributed by atoms with Crippen molar-refractivity contribution in [2.45, 2.75) is 73.1 Å². The van der Waals surface area contributed by atoms with Crippen LogP contribution in [-0.4, -0.2) is 33.8 Å². The van der Waals surface area contributed by atoms with E-state index in [2.05, 4.69) is 21.7 Å². The number of rotatable bonds is 6. The van der Waals surface area contributed by atoms with E-state index in [-0.39, 0.29) is 23.3 Å². The van der Waals surface area contributed by atoms with E-state index in [1.54, 1.807) is 24.0 Å². The maximum atomic E-state index is 12.9. The Labute approximate surface area is 184 Å². The van der Waals surface area contributed by atoms with Gasteiger partial charge < -0.3 is 14.7 Å². The molecular weight excluding hydrogens is 430 g/mol. The molecule has 29 heavy (non-hydrogen) atoms. The Kier molecular flexibility index (Phi) is 8.95. The van der Waals surface area contributed by atoms with Gasteiger partial charge in [-0.25, -0.2) is 4.79 Å². The number of hydrogen-bond donors (Lipinski definition) is 1. The van der Waals surface area contributed by atoms with Crippen molar-refractivity contribution >= 4 is 28.1 Å². The van der Waals surface area contributed by atoms with Crippen LogP contribution in [0.1, 0.15) is 61.0 Å². The molecule has 0 aliphatic rings. The number of ether oxygens (including phenoxy) is 1. The maximum Gasteiger partial charge on any atom is 0.416 e. The van der Waals surface area contributed by atoms with Crippen molar-refractivity contribution in [2.75, 3.05) is 0 Å². The minimum atomic E-state index is -1.58. The summed E-state index contributed by atoms with van der Waals surface area (Å²) in [5.74, 6) is 0.0442. The summed E-state index contributed by atoms with van der Waals surface area (Å²) in [4.78, 5) is 14.5. The van der Waals surface area contributed by atoms with Crippen LogP contribution in [0.5, 0.6) is 0 Å². The molecule has 1 atom stereocenters.